The zero-order valence-corrected chi connectivity index (χ0v) is 16.0. The number of hydrogen-bond donors (Lipinski definition) is 0. The Hall–Kier alpha value is -1.60. The van der Waals surface area contributed by atoms with Crippen molar-refractivity contribution in [3.8, 4) is 0 Å². The maximum atomic E-state index is 13.0. The molecule has 26 heavy (non-hydrogen) atoms. The van der Waals surface area contributed by atoms with Gasteiger partial charge in [-0.05, 0) is 12.1 Å². The normalized spacial score (nSPS) is 20.4. The van der Waals surface area contributed by atoms with Gasteiger partial charge in [0.15, 0.2) is 0 Å². The van der Waals surface area contributed by atoms with Crippen LogP contribution in [0.5, 0.6) is 0 Å². The van der Waals surface area contributed by atoms with Gasteiger partial charge < -0.3 is 0 Å². The predicted molar refractivity (Wildman–Crippen MR) is 97.3 cm³/mol. The molecular weight excluding hydrogens is 398 g/mol. The van der Waals surface area contributed by atoms with E-state index in [1.165, 1.54) is 9.21 Å². The summed E-state index contributed by atoms with van der Waals surface area (Å²) in [5.41, 5.74) is 0.962. The molecule has 2 aliphatic rings. The average molecular weight is 414 g/mol. The number of piperazine rings is 1. The molecule has 0 saturated carbocycles. The second kappa shape index (κ2) is 6.85. The summed E-state index contributed by atoms with van der Waals surface area (Å²) in [4.78, 5) is 26.7. The van der Waals surface area contributed by atoms with Crippen LogP contribution in [0.4, 0.5) is 4.79 Å². The Bertz CT molecular complexity index is 952. The number of amides is 2. The van der Waals surface area contributed by atoms with E-state index < -0.39 is 10.0 Å². The van der Waals surface area contributed by atoms with Crippen molar-refractivity contribution in [1.82, 2.24) is 22.9 Å². The van der Waals surface area contributed by atoms with E-state index >= 15 is 0 Å². The number of carbonyl (C=O) groups is 2. The van der Waals surface area contributed by atoms with Gasteiger partial charge >= 0.3 is 0 Å². The van der Waals surface area contributed by atoms with Gasteiger partial charge in [-0.15, -0.1) is 0 Å². The number of hydrogen-bond acceptors (Lipinski definition) is 9. The number of imide groups is 1. The number of nitrogens with zero attached hydrogens (tertiary/aromatic N) is 5. The van der Waals surface area contributed by atoms with E-state index in [0.717, 1.165) is 23.5 Å². The van der Waals surface area contributed by atoms with Gasteiger partial charge in [0.2, 0.25) is 15.9 Å². The molecule has 0 spiro atoms. The van der Waals surface area contributed by atoms with Crippen molar-refractivity contribution < 1.29 is 18.0 Å². The summed E-state index contributed by atoms with van der Waals surface area (Å²) in [5, 5.41) is -0.243. The van der Waals surface area contributed by atoms with E-state index in [-0.39, 0.29) is 28.5 Å². The summed E-state index contributed by atoms with van der Waals surface area (Å²) in [5.74, 6) is -0.0171. The lowest BCUT2D eigenvalue weighted by Crippen LogP contribution is -2.52. The number of thioether (sulfide) groups is 1. The number of aromatic nitrogens is 2. The van der Waals surface area contributed by atoms with Gasteiger partial charge in [0.1, 0.15) is 15.9 Å². The lowest BCUT2D eigenvalue weighted by atomic mass is 10.3. The minimum absolute atomic E-state index is 0.165. The van der Waals surface area contributed by atoms with Crippen LogP contribution in [-0.4, -0.2) is 81.0 Å². The number of carbonyl (C=O) groups excluding carboxylic acids is 2. The first-order chi connectivity index (χ1) is 12.5. The first kappa shape index (κ1) is 17.8. The fraction of sp³-hybridized carbons (Fsp3) is 0.429. The van der Waals surface area contributed by atoms with E-state index in [4.69, 9.17) is 0 Å². The van der Waals surface area contributed by atoms with Gasteiger partial charge in [0, 0.05) is 26.2 Å². The minimum atomic E-state index is -3.67. The van der Waals surface area contributed by atoms with Crippen molar-refractivity contribution in [2.75, 3.05) is 38.6 Å². The van der Waals surface area contributed by atoms with Gasteiger partial charge in [-0.1, -0.05) is 17.8 Å². The van der Waals surface area contributed by atoms with Gasteiger partial charge in [0.05, 0.1) is 24.1 Å². The summed E-state index contributed by atoms with van der Waals surface area (Å²) in [6, 6.07) is 4.94. The van der Waals surface area contributed by atoms with E-state index in [2.05, 4.69) is 8.75 Å². The molecule has 0 N–H and O–H groups in total. The molecule has 3 heterocycles. The molecule has 2 aromatic rings. The molecule has 0 atom stereocenters. The third-order valence-electron chi connectivity index (χ3n) is 4.38. The third kappa shape index (κ3) is 3.11. The molecular formula is C14H15N5O4S3. The van der Waals surface area contributed by atoms with E-state index in [0.29, 0.717) is 37.2 Å². The quantitative estimate of drug-likeness (QED) is 0.720. The molecule has 2 aliphatic heterocycles. The van der Waals surface area contributed by atoms with E-state index in [9.17, 15) is 18.0 Å². The monoisotopic (exact) mass is 413 g/mol. The van der Waals surface area contributed by atoms with Crippen molar-refractivity contribution in [2.45, 2.75) is 4.90 Å². The number of benzene rings is 1. The van der Waals surface area contributed by atoms with Crippen molar-refractivity contribution in [1.29, 1.82) is 0 Å². The second-order valence-corrected chi connectivity index (χ2v) is 9.29. The van der Waals surface area contributed by atoms with Crippen LogP contribution in [0, 0.1) is 0 Å². The highest BCUT2D eigenvalue weighted by Gasteiger charge is 2.34. The van der Waals surface area contributed by atoms with Crippen LogP contribution in [0.1, 0.15) is 0 Å². The Morgan fingerprint density at radius 1 is 1.08 bits per heavy atom. The highest BCUT2D eigenvalue weighted by molar-refractivity contribution is 8.14. The van der Waals surface area contributed by atoms with Crippen LogP contribution in [0.3, 0.4) is 0 Å². The zero-order chi connectivity index (χ0) is 18.3. The van der Waals surface area contributed by atoms with E-state index in [1.54, 1.807) is 18.2 Å². The fourth-order valence-electron chi connectivity index (χ4n) is 2.96. The lowest BCUT2D eigenvalue weighted by Gasteiger charge is -2.35. The average Bonchev–Trinajstić information content (AvgIpc) is 3.23. The van der Waals surface area contributed by atoms with Gasteiger partial charge in [-0.25, -0.2) is 8.42 Å². The highest BCUT2D eigenvalue weighted by Crippen LogP contribution is 2.25. The summed E-state index contributed by atoms with van der Waals surface area (Å²) >= 11 is 1.98. The SMILES string of the molecule is O=C1CSC(=O)N1CN1CCN(S(=O)(=O)c2cccc3nsnc23)CC1. The molecule has 0 unspecified atom stereocenters. The Morgan fingerprint density at radius 2 is 1.85 bits per heavy atom. The maximum Gasteiger partial charge on any atom is 0.289 e. The highest BCUT2D eigenvalue weighted by atomic mass is 32.2. The van der Waals surface area contributed by atoms with Crippen molar-refractivity contribution in [3.63, 3.8) is 0 Å². The fourth-order valence-corrected chi connectivity index (χ4v) is 5.85. The number of fused-ring (bicyclic) bond motifs is 1. The summed E-state index contributed by atoms with van der Waals surface area (Å²) < 4.78 is 35.6. The molecule has 0 radical (unpaired) electrons. The molecule has 0 bridgehead atoms. The molecule has 2 saturated heterocycles. The Labute approximate surface area is 158 Å². The van der Waals surface area contributed by atoms with Crippen molar-refractivity contribution >= 4 is 55.7 Å². The molecule has 9 nitrogen and oxygen atoms in total. The molecule has 1 aromatic carbocycles. The molecule has 12 heteroatoms. The number of sulfonamides is 1. The summed E-state index contributed by atoms with van der Waals surface area (Å²) in [6.07, 6.45) is 0. The largest absolute Gasteiger partial charge is 0.289 e. The summed E-state index contributed by atoms with van der Waals surface area (Å²) in [7, 11) is -3.67. The second-order valence-electron chi connectivity index (χ2n) is 5.93. The topological polar surface area (TPSA) is 104 Å². The van der Waals surface area contributed by atoms with Crippen LogP contribution < -0.4 is 0 Å². The third-order valence-corrected chi connectivity index (χ3v) is 7.71. The van der Waals surface area contributed by atoms with Crippen molar-refractivity contribution in [3.05, 3.63) is 18.2 Å². The molecule has 2 amide bonds. The molecule has 138 valence electrons. The molecule has 2 fully saturated rings. The molecule has 1 aromatic heterocycles. The van der Waals surface area contributed by atoms with Gasteiger partial charge in [-0.2, -0.15) is 13.1 Å². The van der Waals surface area contributed by atoms with Crippen LogP contribution in [0.15, 0.2) is 23.1 Å². The van der Waals surface area contributed by atoms with Crippen LogP contribution in [-0.2, 0) is 14.8 Å². The van der Waals surface area contributed by atoms with Gasteiger partial charge in [-0.3, -0.25) is 19.4 Å². The minimum Gasteiger partial charge on any atom is -0.283 e. The first-order valence-electron chi connectivity index (χ1n) is 7.88. The molecule has 0 aliphatic carbocycles. The smallest absolute Gasteiger partial charge is 0.283 e. The van der Waals surface area contributed by atoms with Crippen LogP contribution in [0.25, 0.3) is 11.0 Å². The zero-order valence-electron chi connectivity index (χ0n) is 13.6. The van der Waals surface area contributed by atoms with Gasteiger partial charge in [0.25, 0.3) is 5.24 Å². The lowest BCUT2D eigenvalue weighted by molar-refractivity contribution is -0.126. The Morgan fingerprint density at radius 3 is 2.54 bits per heavy atom. The standard InChI is InChI=1S/C14H15N5O4S3/c20-12-8-24-14(21)19(12)9-17-4-6-18(7-5-17)26(22,23)11-3-1-2-10-13(11)16-25-15-10/h1-3H,4-9H2. The van der Waals surface area contributed by atoms with Crippen molar-refractivity contribution in [2.24, 2.45) is 0 Å². The van der Waals surface area contributed by atoms with Crippen LogP contribution in [0.2, 0.25) is 0 Å². The first-order valence-corrected chi connectivity index (χ1v) is 11.0. The Kier molecular flexibility index (Phi) is 4.69. The maximum absolute atomic E-state index is 13.0. The van der Waals surface area contributed by atoms with E-state index in [1.807, 2.05) is 4.90 Å². The number of rotatable bonds is 4. The predicted octanol–water partition coefficient (Wildman–Crippen LogP) is 0.651. The molecule has 4 rings (SSSR count). The Balaban J connectivity index is 1.46. The van der Waals surface area contributed by atoms with Crippen LogP contribution >= 0.6 is 23.5 Å². The summed E-state index contributed by atoms with van der Waals surface area (Å²) in [6.45, 7) is 1.70.